The standard InChI is InChI=1S/C21H15Cl3F/c22-18-8-4-9-19(23)16(18)12-15(14-6-2-1-3-7-14)13-17-20(24)10-5-11-21(17)25/h1-11H,12-13H2. The van der Waals surface area contributed by atoms with E-state index in [4.69, 9.17) is 34.8 Å². The van der Waals surface area contributed by atoms with Gasteiger partial charge in [0, 0.05) is 26.5 Å². The third-order valence-corrected chi connectivity index (χ3v) is 5.15. The Kier molecular flexibility index (Phi) is 6.01. The van der Waals surface area contributed by atoms with Gasteiger partial charge in [-0.15, -0.1) is 0 Å². The quantitative estimate of drug-likeness (QED) is 0.431. The summed E-state index contributed by atoms with van der Waals surface area (Å²) in [5.74, 6) is 0.689. The van der Waals surface area contributed by atoms with Gasteiger partial charge in [0.2, 0.25) is 0 Å². The molecule has 0 amide bonds. The van der Waals surface area contributed by atoms with Crippen LogP contribution < -0.4 is 0 Å². The summed E-state index contributed by atoms with van der Waals surface area (Å²) in [5, 5.41) is 1.61. The molecule has 0 aliphatic heterocycles. The fraction of sp³-hybridized carbons (Fsp3) is 0.0952. The first kappa shape index (κ1) is 18.3. The molecule has 0 aromatic heterocycles. The first-order valence-electron chi connectivity index (χ1n) is 7.82. The van der Waals surface area contributed by atoms with Crippen LogP contribution in [-0.2, 0) is 12.8 Å². The van der Waals surface area contributed by atoms with Gasteiger partial charge in [-0.3, -0.25) is 0 Å². The third-order valence-electron chi connectivity index (χ3n) is 4.09. The van der Waals surface area contributed by atoms with Crippen molar-refractivity contribution < 1.29 is 4.39 Å². The molecule has 3 aromatic carbocycles. The molecule has 0 nitrogen and oxygen atoms in total. The minimum Gasteiger partial charge on any atom is -0.207 e. The molecule has 0 spiro atoms. The van der Waals surface area contributed by atoms with Crippen molar-refractivity contribution in [2.75, 3.05) is 0 Å². The highest BCUT2D eigenvalue weighted by Gasteiger charge is 2.20. The number of halogens is 4. The highest BCUT2D eigenvalue weighted by molar-refractivity contribution is 6.36. The van der Waals surface area contributed by atoms with Gasteiger partial charge in [0.25, 0.3) is 0 Å². The lowest BCUT2D eigenvalue weighted by Crippen LogP contribution is -2.10. The van der Waals surface area contributed by atoms with E-state index >= 15 is 0 Å². The fourth-order valence-corrected chi connectivity index (χ4v) is 3.53. The van der Waals surface area contributed by atoms with E-state index in [1.54, 1.807) is 12.1 Å². The van der Waals surface area contributed by atoms with E-state index in [0.29, 0.717) is 33.5 Å². The highest BCUT2D eigenvalue weighted by Crippen LogP contribution is 2.33. The van der Waals surface area contributed by atoms with Gasteiger partial charge in [-0.25, -0.2) is 4.39 Å². The summed E-state index contributed by atoms with van der Waals surface area (Å²) in [6.07, 6.45) is 0.907. The van der Waals surface area contributed by atoms with Gasteiger partial charge in [-0.05, 0) is 48.2 Å². The Bertz CT molecular complexity index is 768. The van der Waals surface area contributed by atoms with Crippen molar-refractivity contribution in [1.82, 2.24) is 0 Å². The summed E-state index contributed by atoms with van der Waals surface area (Å²) in [5.41, 5.74) is 2.32. The molecular formula is C21H15Cl3F. The summed E-state index contributed by atoms with van der Waals surface area (Å²) in [7, 11) is 0. The maximum Gasteiger partial charge on any atom is 0.127 e. The van der Waals surface area contributed by atoms with Crippen molar-refractivity contribution in [3.8, 4) is 0 Å². The molecule has 127 valence electrons. The lowest BCUT2D eigenvalue weighted by molar-refractivity contribution is 0.609. The lowest BCUT2D eigenvalue weighted by atomic mass is 9.86. The lowest BCUT2D eigenvalue weighted by Gasteiger charge is -2.19. The molecule has 0 heterocycles. The van der Waals surface area contributed by atoms with Crippen molar-refractivity contribution >= 4 is 34.8 Å². The van der Waals surface area contributed by atoms with E-state index in [1.165, 1.54) is 6.07 Å². The minimum atomic E-state index is -0.314. The molecule has 0 saturated carbocycles. The third kappa shape index (κ3) is 4.36. The van der Waals surface area contributed by atoms with Crippen LogP contribution in [0.25, 0.3) is 0 Å². The van der Waals surface area contributed by atoms with E-state index in [0.717, 1.165) is 17.0 Å². The number of benzene rings is 3. The zero-order valence-electron chi connectivity index (χ0n) is 13.3. The molecular weight excluding hydrogens is 378 g/mol. The summed E-state index contributed by atoms with van der Waals surface area (Å²) >= 11 is 18.9. The van der Waals surface area contributed by atoms with E-state index in [9.17, 15) is 4.39 Å². The summed E-state index contributed by atoms with van der Waals surface area (Å²) in [4.78, 5) is 0. The largest absolute Gasteiger partial charge is 0.207 e. The molecule has 0 saturated heterocycles. The van der Waals surface area contributed by atoms with Crippen molar-refractivity contribution in [2.45, 2.75) is 12.8 Å². The SMILES string of the molecule is Fc1cccc(Cl)c1C[C](Cc1c(Cl)cccc1Cl)c1ccccc1. The van der Waals surface area contributed by atoms with Crippen molar-refractivity contribution in [2.24, 2.45) is 0 Å². The molecule has 3 rings (SSSR count). The van der Waals surface area contributed by atoms with Gasteiger partial charge in [-0.1, -0.05) is 77.3 Å². The molecule has 25 heavy (non-hydrogen) atoms. The second-order valence-corrected chi connectivity index (χ2v) is 6.95. The Hall–Kier alpha value is -1.54. The maximum absolute atomic E-state index is 14.3. The highest BCUT2D eigenvalue weighted by atomic mass is 35.5. The van der Waals surface area contributed by atoms with Crippen LogP contribution in [0, 0.1) is 11.7 Å². The van der Waals surface area contributed by atoms with Crippen LogP contribution in [0.1, 0.15) is 16.7 Å². The molecule has 3 aromatic rings. The molecule has 0 atom stereocenters. The van der Waals surface area contributed by atoms with Crippen LogP contribution in [0.15, 0.2) is 66.7 Å². The first-order valence-corrected chi connectivity index (χ1v) is 8.95. The van der Waals surface area contributed by atoms with Crippen LogP contribution in [0.4, 0.5) is 4.39 Å². The summed E-state index contributed by atoms with van der Waals surface area (Å²) in [6, 6.07) is 20.0. The number of rotatable bonds is 5. The Labute approximate surface area is 162 Å². The van der Waals surface area contributed by atoms with Crippen LogP contribution in [-0.4, -0.2) is 0 Å². The fourth-order valence-electron chi connectivity index (χ4n) is 2.77. The topological polar surface area (TPSA) is 0 Å². The van der Waals surface area contributed by atoms with Gasteiger partial charge >= 0.3 is 0 Å². The monoisotopic (exact) mass is 391 g/mol. The Morgan fingerprint density at radius 1 is 0.640 bits per heavy atom. The molecule has 0 unspecified atom stereocenters. The van der Waals surface area contributed by atoms with Crippen molar-refractivity contribution in [3.05, 3.63) is 110 Å². The first-order chi connectivity index (χ1) is 12.1. The average molecular weight is 393 g/mol. The smallest absolute Gasteiger partial charge is 0.127 e. The van der Waals surface area contributed by atoms with Crippen LogP contribution in [0.3, 0.4) is 0 Å². The predicted molar refractivity (Wildman–Crippen MR) is 104 cm³/mol. The number of hydrogen-bond donors (Lipinski definition) is 0. The zero-order chi connectivity index (χ0) is 17.8. The molecule has 0 N–H and O–H groups in total. The van der Waals surface area contributed by atoms with E-state index in [1.807, 2.05) is 48.5 Å². The van der Waals surface area contributed by atoms with E-state index in [2.05, 4.69) is 0 Å². The Morgan fingerprint density at radius 3 is 1.76 bits per heavy atom. The van der Waals surface area contributed by atoms with Gasteiger partial charge in [0.1, 0.15) is 5.82 Å². The second kappa shape index (κ2) is 8.23. The van der Waals surface area contributed by atoms with Crippen LogP contribution in [0.2, 0.25) is 15.1 Å². The maximum atomic E-state index is 14.3. The molecule has 0 bridgehead atoms. The minimum absolute atomic E-state index is 0.314. The van der Waals surface area contributed by atoms with Gasteiger partial charge < -0.3 is 0 Å². The zero-order valence-corrected chi connectivity index (χ0v) is 15.5. The normalized spacial score (nSPS) is 11.1. The molecule has 0 fully saturated rings. The van der Waals surface area contributed by atoms with Gasteiger partial charge in [0.15, 0.2) is 0 Å². The second-order valence-electron chi connectivity index (χ2n) is 5.72. The summed E-state index contributed by atoms with van der Waals surface area (Å²) < 4.78 is 14.3. The Balaban J connectivity index is 1.99. The van der Waals surface area contributed by atoms with E-state index in [-0.39, 0.29) is 5.82 Å². The van der Waals surface area contributed by atoms with Crippen molar-refractivity contribution in [1.29, 1.82) is 0 Å². The Morgan fingerprint density at radius 2 is 1.16 bits per heavy atom. The number of hydrogen-bond acceptors (Lipinski definition) is 0. The summed E-state index contributed by atoms with van der Waals surface area (Å²) in [6.45, 7) is 0. The molecule has 4 heteroatoms. The molecule has 1 radical (unpaired) electrons. The van der Waals surface area contributed by atoms with Crippen LogP contribution >= 0.6 is 34.8 Å². The van der Waals surface area contributed by atoms with Crippen LogP contribution in [0.5, 0.6) is 0 Å². The average Bonchev–Trinajstić information content (AvgIpc) is 2.60. The van der Waals surface area contributed by atoms with Gasteiger partial charge in [0.05, 0.1) is 0 Å². The van der Waals surface area contributed by atoms with E-state index < -0.39 is 0 Å². The van der Waals surface area contributed by atoms with Gasteiger partial charge in [-0.2, -0.15) is 0 Å². The van der Waals surface area contributed by atoms with Crippen molar-refractivity contribution in [3.63, 3.8) is 0 Å². The predicted octanol–water partition coefficient (Wildman–Crippen LogP) is 7.19. The molecule has 0 aliphatic carbocycles. The molecule has 0 aliphatic rings.